The second-order valence-electron chi connectivity index (χ2n) is 23.9. The lowest BCUT2D eigenvalue weighted by molar-refractivity contribution is -0.144. The Balaban J connectivity index is 0.830. The minimum atomic E-state index is -0.814. The lowest BCUT2D eigenvalue weighted by Gasteiger charge is -2.36. The molecule has 9 rings (SSSR count). The number of rotatable bonds is 15. The van der Waals surface area contributed by atoms with Gasteiger partial charge in [-0.2, -0.15) is 0 Å². The largest absolute Gasteiger partial charge is 0.353 e. The highest BCUT2D eigenvalue weighted by Crippen LogP contribution is 2.50. The standard InChI is InChI=1S/C57H79N9O8S2/c1-30(58-7)49(68)62-41-21-23-75-44-28-56(3,4)47(65(44)54(41)73)43(67)27-38-36-15-11-9-13-32(36)25-39(38)51(70)60-34-17-19-35(20-18-34)61-52(71)40-26-33-14-10-12-16-37(33)46(40)64-53(72)48-57(5,6)29-45-66(48)55(74)42(22-24-76-45)63-50(69)31(2)59-8/h9-16,30-31,34-35,38-42,44-48,58-59H,17-29H2,1-8H3,(H,60,70)(H,61,71)(H,62,68)(H,63,69)(H,64,72)/t30-,31-,34-,35-,38-,39+,40+,41-,42-,44-,45-,46-,47+,48+/m0/s1. The first-order valence-electron chi connectivity index (χ1n) is 27.6. The van der Waals surface area contributed by atoms with E-state index in [0.717, 1.165) is 22.3 Å². The number of amides is 7. The smallest absolute Gasteiger partial charge is 0.246 e. The fourth-order valence-corrected chi connectivity index (χ4v) is 16.6. The number of hydrogen-bond donors (Lipinski definition) is 7. The summed E-state index contributed by atoms with van der Waals surface area (Å²) in [5.41, 5.74) is 2.80. The van der Waals surface area contributed by atoms with Gasteiger partial charge in [0.1, 0.15) is 18.1 Å². The van der Waals surface area contributed by atoms with Gasteiger partial charge in [-0.1, -0.05) is 76.2 Å². The molecule has 0 bridgehead atoms. The van der Waals surface area contributed by atoms with Gasteiger partial charge in [0, 0.05) is 30.3 Å². The Morgan fingerprint density at radius 3 is 1.55 bits per heavy atom. The van der Waals surface area contributed by atoms with Crippen LogP contribution in [0.25, 0.3) is 0 Å². The summed E-state index contributed by atoms with van der Waals surface area (Å²) in [5.74, 6) is -1.78. The summed E-state index contributed by atoms with van der Waals surface area (Å²) in [4.78, 5) is 117. The second kappa shape index (κ2) is 22.8. The molecule has 4 aliphatic heterocycles. The van der Waals surface area contributed by atoms with Crippen LogP contribution in [0.1, 0.15) is 134 Å². The Morgan fingerprint density at radius 1 is 0.579 bits per heavy atom. The SMILES string of the molecule is CN[C@@H](C)C(=O)N[C@H]1CCS[C@H]2CC(C)(C)[C@@H](C(=O)C[C@H]3c4ccccc4C[C@H]3C(=O)N[C@H]3CC[C@H](NC(=O)[C@@H]4Cc5ccccc5[C@@H]4NC(=O)[C@H]4N5C(=O)[C@@H](NC(=O)[C@H](C)NC)CCS[C@H]5CC4(C)C)CC3)N2C1=O. The summed E-state index contributed by atoms with van der Waals surface area (Å²) in [7, 11) is 3.39. The maximum atomic E-state index is 14.8. The van der Waals surface area contributed by atoms with Crippen molar-refractivity contribution < 1.29 is 38.4 Å². The average molecular weight is 1080 g/mol. The highest BCUT2D eigenvalue weighted by atomic mass is 32.2. The predicted molar refractivity (Wildman–Crippen MR) is 294 cm³/mol. The first-order chi connectivity index (χ1) is 36.2. The maximum absolute atomic E-state index is 14.8. The van der Waals surface area contributed by atoms with E-state index in [0.29, 0.717) is 75.7 Å². The van der Waals surface area contributed by atoms with Crippen LogP contribution in [-0.2, 0) is 51.2 Å². The van der Waals surface area contributed by atoms with Gasteiger partial charge in [-0.05, 0) is 137 Å². The number of benzene rings is 2. The van der Waals surface area contributed by atoms with Gasteiger partial charge in [-0.15, -0.1) is 23.5 Å². The lowest BCUT2D eigenvalue weighted by Crippen LogP contribution is -2.58. The summed E-state index contributed by atoms with van der Waals surface area (Å²) in [6, 6.07) is 10.9. The summed E-state index contributed by atoms with van der Waals surface area (Å²) >= 11 is 3.30. The van der Waals surface area contributed by atoms with Gasteiger partial charge >= 0.3 is 0 Å². The fraction of sp³-hybridized carbons (Fsp3) is 0.649. The lowest BCUT2D eigenvalue weighted by atomic mass is 9.78. The Hall–Kier alpha value is -4.98. The first kappa shape index (κ1) is 55.8. The van der Waals surface area contributed by atoms with Crippen molar-refractivity contribution in [1.82, 2.24) is 47.0 Å². The van der Waals surface area contributed by atoms with Gasteiger partial charge in [0.25, 0.3) is 0 Å². The molecule has 17 nitrogen and oxygen atoms in total. The van der Waals surface area contributed by atoms with E-state index in [1.807, 2.05) is 76.2 Å². The van der Waals surface area contributed by atoms with Gasteiger partial charge in [0.15, 0.2) is 5.78 Å². The van der Waals surface area contributed by atoms with Crippen molar-refractivity contribution in [1.29, 1.82) is 0 Å². The molecule has 7 N–H and O–H groups in total. The summed E-state index contributed by atoms with van der Waals surface area (Å²) in [6.07, 6.45) is 5.84. The second-order valence-corrected chi connectivity index (χ2v) is 26.5. The third kappa shape index (κ3) is 11.2. The number of thioether (sulfide) groups is 2. The highest BCUT2D eigenvalue weighted by molar-refractivity contribution is 8.00. The molecule has 0 unspecified atom stereocenters. The molecule has 4 heterocycles. The minimum Gasteiger partial charge on any atom is -0.353 e. The number of nitrogens with zero attached hydrogens (tertiary/aromatic N) is 2. The zero-order valence-corrected chi connectivity index (χ0v) is 47.0. The van der Waals surface area contributed by atoms with Crippen molar-refractivity contribution in [2.45, 2.75) is 183 Å². The Morgan fingerprint density at radius 2 is 1.03 bits per heavy atom. The molecule has 19 heteroatoms. The molecule has 1 saturated carbocycles. The van der Waals surface area contributed by atoms with Crippen molar-refractivity contribution in [3.8, 4) is 0 Å². The van der Waals surface area contributed by atoms with Crippen LogP contribution in [-0.4, -0.2) is 142 Å². The molecule has 0 spiro atoms. The van der Waals surface area contributed by atoms with Crippen molar-refractivity contribution in [2.24, 2.45) is 22.7 Å². The summed E-state index contributed by atoms with van der Waals surface area (Å²) in [6.45, 7) is 11.6. The number of carbonyl (C=O) groups excluding carboxylic acids is 8. The number of hydrogen-bond acceptors (Lipinski definition) is 12. The Labute approximate surface area is 456 Å². The van der Waals surface area contributed by atoms with Crippen LogP contribution >= 0.6 is 23.5 Å². The van der Waals surface area contributed by atoms with Gasteiger partial charge in [0.05, 0.1) is 40.8 Å². The fourth-order valence-electron chi connectivity index (χ4n) is 13.5. The number of Topliss-reactive ketones (excluding diaryl/α,β-unsaturated/α-hetero) is 1. The molecule has 7 amide bonds. The molecular formula is C57H79N9O8S2. The summed E-state index contributed by atoms with van der Waals surface area (Å²) in [5, 5.41) is 21.3. The van der Waals surface area contributed by atoms with E-state index in [-0.39, 0.29) is 82.3 Å². The van der Waals surface area contributed by atoms with Gasteiger partial charge < -0.3 is 47.0 Å². The number of carbonyl (C=O) groups is 8. The van der Waals surface area contributed by atoms with Crippen molar-refractivity contribution in [3.05, 3.63) is 70.8 Å². The van der Waals surface area contributed by atoms with E-state index in [2.05, 4.69) is 37.2 Å². The van der Waals surface area contributed by atoms with Crippen molar-refractivity contribution in [2.75, 3.05) is 25.6 Å². The number of likely N-dealkylation sites (N-methyl/N-ethyl adjacent to an activating group) is 2. The van der Waals surface area contributed by atoms with Crippen LogP contribution in [0, 0.1) is 22.7 Å². The van der Waals surface area contributed by atoms with Crippen LogP contribution in [0.15, 0.2) is 48.5 Å². The van der Waals surface area contributed by atoms with Gasteiger partial charge in [-0.3, -0.25) is 38.4 Å². The molecule has 2 aromatic rings. The molecule has 76 heavy (non-hydrogen) atoms. The molecule has 5 fully saturated rings. The quantitative estimate of drug-likeness (QED) is 0.135. The topological polar surface area (TPSA) is 227 Å². The molecule has 0 radical (unpaired) electrons. The third-order valence-electron chi connectivity index (χ3n) is 17.9. The molecule has 12 atom stereocenters. The van der Waals surface area contributed by atoms with E-state index >= 15 is 0 Å². The normalized spacial score (nSPS) is 32.1. The molecule has 412 valence electrons. The van der Waals surface area contributed by atoms with E-state index in [9.17, 15) is 38.4 Å². The van der Waals surface area contributed by atoms with Crippen LogP contribution in [0.3, 0.4) is 0 Å². The molecule has 7 aliphatic rings. The predicted octanol–water partition coefficient (Wildman–Crippen LogP) is 3.84. The number of fused-ring (bicyclic) bond motifs is 4. The van der Waals surface area contributed by atoms with E-state index in [1.165, 1.54) is 0 Å². The highest BCUT2D eigenvalue weighted by Gasteiger charge is 2.57. The monoisotopic (exact) mass is 1080 g/mol. The Kier molecular flexibility index (Phi) is 16.7. The van der Waals surface area contributed by atoms with Crippen LogP contribution < -0.4 is 37.2 Å². The minimum absolute atomic E-state index is 0.0713. The summed E-state index contributed by atoms with van der Waals surface area (Å²) < 4.78 is 0. The first-order valence-corrected chi connectivity index (χ1v) is 29.7. The number of ketones is 1. The molecule has 3 aliphatic carbocycles. The third-order valence-corrected chi connectivity index (χ3v) is 20.4. The van der Waals surface area contributed by atoms with E-state index in [1.54, 1.807) is 61.3 Å². The van der Waals surface area contributed by atoms with Crippen molar-refractivity contribution >= 4 is 70.7 Å². The van der Waals surface area contributed by atoms with Crippen LogP contribution in [0.5, 0.6) is 0 Å². The zero-order chi connectivity index (χ0) is 54.4. The van der Waals surface area contributed by atoms with Gasteiger partial charge in [0.2, 0.25) is 41.4 Å². The van der Waals surface area contributed by atoms with Crippen LogP contribution in [0.2, 0.25) is 0 Å². The van der Waals surface area contributed by atoms with Crippen molar-refractivity contribution in [3.63, 3.8) is 0 Å². The van der Waals surface area contributed by atoms with E-state index in [4.69, 9.17) is 0 Å². The zero-order valence-electron chi connectivity index (χ0n) is 45.4. The average Bonchev–Trinajstić information content (AvgIpc) is 4.06. The van der Waals surface area contributed by atoms with E-state index < -0.39 is 65.0 Å². The Bertz CT molecular complexity index is 2420. The molecule has 2 aromatic carbocycles. The molecule has 0 aromatic heterocycles. The van der Waals surface area contributed by atoms with Crippen LogP contribution in [0.4, 0.5) is 0 Å². The molecule has 4 saturated heterocycles. The number of nitrogens with one attached hydrogen (secondary N) is 7. The molecular weight excluding hydrogens is 1000 g/mol. The van der Waals surface area contributed by atoms with Gasteiger partial charge in [-0.25, -0.2) is 0 Å². The maximum Gasteiger partial charge on any atom is 0.246 e.